The maximum Gasteiger partial charge on any atom is 0.339 e. The standard InChI is InChI=1S/C28H47N3O9SSi2/c1-26(2,3)42(8,9)37-16-21-28(20(29)17-41(34,35)40-28)22(39-43(10,11)27(4,5)6)23(38-21)31-25(33)30-19-15-13-12-14-18(19)24(32)36-7/h12-15,17,21-23H,16,29H2,1-11H3,(H2,30,31,33). The Hall–Kier alpha value is -2.28. The van der Waals surface area contributed by atoms with E-state index in [2.05, 4.69) is 44.5 Å². The SMILES string of the molecule is COC(=O)c1ccccc1NC(=O)NC1OC(CO[Si](C)(C)C(C)(C)C)C2(OS(=O)(=O)C=C2N)C1O[Si](C)(C)C(C)(C)C. The summed E-state index contributed by atoms with van der Waals surface area (Å²) in [5, 5.41) is 5.84. The van der Waals surface area contributed by atoms with E-state index in [0.29, 0.717) is 0 Å². The van der Waals surface area contributed by atoms with Gasteiger partial charge in [0.1, 0.15) is 12.2 Å². The van der Waals surface area contributed by atoms with Crippen LogP contribution in [0.3, 0.4) is 0 Å². The lowest BCUT2D eigenvalue weighted by atomic mass is 9.89. The third kappa shape index (κ3) is 7.18. The highest BCUT2D eigenvalue weighted by Crippen LogP contribution is 2.49. The van der Waals surface area contributed by atoms with Crippen LogP contribution in [0.1, 0.15) is 51.9 Å². The Bertz CT molecular complexity index is 1370. The molecule has 0 aliphatic carbocycles. The summed E-state index contributed by atoms with van der Waals surface area (Å²) in [4.78, 5) is 25.6. The van der Waals surface area contributed by atoms with Crippen molar-refractivity contribution < 1.29 is 40.5 Å². The van der Waals surface area contributed by atoms with Gasteiger partial charge in [-0.15, -0.1) is 0 Å². The third-order valence-electron chi connectivity index (χ3n) is 8.95. The van der Waals surface area contributed by atoms with E-state index in [0.717, 1.165) is 5.41 Å². The summed E-state index contributed by atoms with van der Waals surface area (Å²) in [6.07, 6.45) is -3.40. The van der Waals surface area contributed by atoms with Gasteiger partial charge in [-0.1, -0.05) is 53.7 Å². The molecule has 2 heterocycles. The fourth-order valence-electron chi connectivity index (χ4n) is 4.31. The summed E-state index contributed by atoms with van der Waals surface area (Å²) < 4.78 is 55.9. The lowest BCUT2D eigenvalue weighted by Crippen LogP contribution is -2.61. The van der Waals surface area contributed by atoms with E-state index < -0.39 is 62.8 Å². The Morgan fingerprint density at radius 3 is 2.12 bits per heavy atom. The molecule has 1 aromatic rings. The van der Waals surface area contributed by atoms with E-state index in [9.17, 15) is 18.0 Å². The van der Waals surface area contributed by atoms with E-state index in [1.54, 1.807) is 18.2 Å². The van der Waals surface area contributed by atoms with Gasteiger partial charge in [0, 0.05) is 0 Å². The molecule has 1 fully saturated rings. The minimum absolute atomic E-state index is 0.0527. The van der Waals surface area contributed by atoms with Gasteiger partial charge in [-0.25, -0.2) is 13.8 Å². The fourth-order valence-corrected chi connectivity index (χ4v) is 7.82. The molecule has 1 aromatic carbocycles. The molecule has 0 radical (unpaired) electrons. The smallest absolute Gasteiger partial charge is 0.339 e. The highest BCUT2D eigenvalue weighted by atomic mass is 32.2. The topological polar surface area (TPSA) is 165 Å². The number of ether oxygens (including phenoxy) is 2. The van der Waals surface area contributed by atoms with Crippen molar-refractivity contribution in [2.45, 2.75) is 102 Å². The van der Waals surface area contributed by atoms with Gasteiger partial charge in [0.25, 0.3) is 10.1 Å². The lowest BCUT2D eigenvalue weighted by Gasteiger charge is -2.43. The molecular weight excluding hydrogens is 611 g/mol. The van der Waals surface area contributed by atoms with Gasteiger partial charge in [0.15, 0.2) is 28.5 Å². The highest BCUT2D eigenvalue weighted by Gasteiger charge is 2.67. The fraction of sp³-hybridized carbons (Fsp3) is 0.643. The molecule has 1 saturated heterocycles. The Balaban J connectivity index is 2.05. The molecule has 4 N–H and O–H groups in total. The number of nitrogens with one attached hydrogen (secondary N) is 2. The normalized spacial score (nSPS) is 25.8. The number of para-hydroxylation sites is 1. The van der Waals surface area contributed by atoms with Gasteiger partial charge >= 0.3 is 12.0 Å². The van der Waals surface area contributed by atoms with Crippen LogP contribution in [0, 0.1) is 0 Å². The number of rotatable bonds is 8. The summed E-state index contributed by atoms with van der Waals surface area (Å²) in [5.74, 6) is -0.628. The Morgan fingerprint density at radius 2 is 1.60 bits per heavy atom. The first kappa shape index (κ1) is 35.2. The maximum atomic E-state index is 13.4. The summed E-state index contributed by atoms with van der Waals surface area (Å²) in [5.41, 5.74) is 4.92. The lowest BCUT2D eigenvalue weighted by molar-refractivity contribution is -0.0419. The molecule has 2 aliphatic heterocycles. The zero-order valence-electron chi connectivity index (χ0n) is 27.0. The molecule has 0 saturated carbocycles. The molecule has 2 aliphatic rings. The predicted molar refractivity (Wildman–Crippen MR) is 169 cm³/mol. The number of nitrogens with two attached hydrogens (primary N) is 1. The molecule has 2 amide bonds. The average Bonchev–Trinajstić information content (AvgIpc) is 3.27. The van der Waals surface area contributed by atoms with Crippen LogP contribution >= 0.6 is 0 Å². The molecule has 15 heteroatoms. The predicted octanol–water partition coefficient (Wildman–Crippen LogP) is 4.63. The molecule has 0 aromatic heterocycles. The number of methoxy groups -OCH3 is 1. The van der Waals surface area contributed by atoms with E-state index in [1.807, 2.05) is 33.9 Å². The van der Waals surface area contributed by atoms with Crippen LogP contribution in [-0.4, -0.2) is 74.8 Å². The largest absolute Gasteiger partial charge is 0.465 e. The number of carbonyl (C=O) groups excluding carboxylic acids is 2. The van der Waals surface area contributed by atoms with Crippen LogP contribution in [-0.2, 0) is 32.6 Å². The summed E-state index contributed by atoms with van der Waals surface area (Å²) >= 11 is 0. The first-order chi connectivity index (χ1) is 19.5. The molecule has 4 atom stereocenters. The minimum Gasteiger partial charge on any atom is -0.465 e. The number of amides is 2. The van der Waals surface area contributed by atoms with Crippen LogP contribution < -0.4 is 16.4 Å². The monoisotopic (exact) mass is 657 g/mol. The number of carbonyl (C=O) groups is 2. The molecule has 3 rings (SSSR count). The highest BCUT2D eigenvalue weighted by molar-refractivity contribution is 7.90. The Labute approximate surface area is 257 Å². The average molecular weight is 658 g/mol. The Kier molecular flexibility index (Phi) is 9.75. The number of esters is 1. The van der Waals surface area contributed by atoms with Crippen molar-refractivity contribution >= 4 is 44.4 Å². The number of hydrogen-bond donors (Lipinski definition) is 3. The molecule has 12 nitrogen and oxygen atoms in total. The van der Waals surface area contributed by atoms with Gasteiger partial charge in [0.2, 0.25) is 0 Å². The quantitative estimate of drug-likeness (QED) is 0.204. The first-order valence-electron chi connectivity index (χ1n) is 14.1. The van der Waals surface area contributed by atoms with Crippen molar-refractivity contribution in [1.29, 1.82) is 0 Å². The van der Waals surface area contributed by atoms with Crippen molar-refractivity contribution in [3.8, 4) is 0 Å². The molecular formula is C28H47N3O9SSi2. The van der Waals surface area contributed by atoms with Gasteiger partial charge in [-0.2, -0.15) is 8.42 Å². The number of benzene rings is 1. The summed E-state index contributed by atoms with van der Waals surface area (Å²) in [6, 6.07) is 5.64. The molecule has 43 heavy (non-hydrogen) atoms. The van der Waals surface area contributed by atoms with Crippen molar-refractivity contribution in [1.82, 2.24) is 5.32 Å². The number of anilines is 1. The van der Waals surface area contributed by atoms with Gasteiger partial charge in [-0.05, 0) is 48.4 Å². The molecule has 242 valence electrons. The van der Waals surface area contributed by atoms with Gasteiger partial charge < -0.3 is 34.7 Å². The second kappa shape index (κ2) is 11.9. The molecule has 4 unspecified atom stereocenters. The maximum absolute atomic E-state index is 13.4. The van der Waals surface area contributed by atoms with Crippen LogP contribution in [0.2, 0.25) is 36.3 Å². The second-order valence-corrected chi connectivity index (χ2v) is 24.9. The molecule has 1 spiro atoms. The zero-order chi connectivity index (χ0) is 32.8. The van der Waals surface area contributed by atoms with Crippen LogP contribution in [0.25, 0.3) is 0 Å². The second-order valence-electron chi connectivity index (χ2n) is 14.0. The van der Waals surface area contributed by atoms with Crippen molar-refractivity contribution in [2.75, 3.05) is 19.0 Å². The first-order valence-corrected chi connectivity index (χ1v) is 21.4. The van der Waals surface area contributed by atoms with Crippen LogP contribution in [0.4, 0.5) is 10.5 Å². The minimum atomic E-state index is -4.20. The van der Waals surface area contributed by atoms with Crippen molar-refractivity contribution in [2.24, 2.45) is 5.73 Å². The number of urea groups is 1. The van der Waals surface area contributed by atoms with Crippen molar-refractivity contribution in [3.05, 3.63) is 40.9 Å². The molecule has 0 bridgehead atoms. The van der Waals surface area contributed by atoms with E-state index in [1.165, 1.54) is 13.2 Å². The van der Waals surface area contributed by atoms with Crippen LogP contribution in [0.5, 0.6) is 0 Å². The number of hydrogen-bond acceptors (Lipinski definition) is 10. The summed E-state index contributed by atoms with van der Waals surface area (Å²) in [6.45, 7) is 20.4. The zero-order valence-corrected chi connectivity index (χ0v) is 29.8. The van der Waals surface area contributed by atoms with E-state index >= 15 is 0 Å². The van der Waals surface area contributed by atoms with Crippen LogP contribution in [0.15, 0.2) is 35.4 Å². The van der Waals surface area contributed by atoms with Gasteiger partial charge in [-0.3, -0.25) is 0 Å². The summed E-state index contributed by atoms with van der Waals surface area (Å²) in [7, 11) is -7.96. The van der Waals surface area contributed by atoms with Crippen molar-refractivity contribution in [3.63, 3.8) is 0 Å². The van der Waals surface area contributed by atoms with Gasteiger partial charge in [0.05, 0.1) is 36.1 Å². The third-order valence-corrected chi connectivity index (χ3v) is 19.0. The Morgan fingerprint density at radius 1 is 1.02 bits per heavy atom. The van der Waals surface area contributed by atoms with E-state index in [-0.39, 0.29) is 33.6 Å². The van der Waals surface area contributed by atoms with E-state index in [4.69, 9.17) is 28.2 Å².